The number of hydrogen-bond donors (Lipinski definition) is 0. The zero-order chi connectivity index (χ0) is 16.9. The van der Waals surface area contributed by atoms with Crippen LogP contribution in [0.5, 0.6) is 0 Å². The number of alkyl halides is 6. The minimum absolute atomic E-state index is 0.520. The van der Waals surface area contributed by atoms with Crippen LogP contribution >= 0.6 is 0 Å². The van der Waals surface area contributed by atoms with Gasteiger partial charge in [0.15, 0.2) is 0 Å². The fourth-order valence-electron chi connectivity index (χ4n) is 1.98. The molecule has 0 aliphatic rings. The van der Waals surface area contributed by atoms with Crippen LogP contribution in [0, 0.1) is 0 Å². The van der Waals surface area contributed by atoms with Gasteiger partial charge in [-0.15, -0.1) is 0 Å². The van der Waals surface area contributed by atoms with Crippen molar-refractivity contribution < 1.29 is 32.5 Å². The summed E-state index contributed by atoms with van der Waals surface area (Å²) in [6, 6.07) is 0. The van der Waals surface area contributed by atoms with Crippen molar-refractivity contribution in [3.05, 3.63) is 0 Å². The molecule has 0 amide bonds. The summed E-state index contributed by atoms with van der Waals surface area (Å²) in [4.78, 5) is 0. The van der Waals surface area contributed by atoms with Crippen molar-refractivity contribution >= 4 is 19.2 Å². The Kier molecular flexibility index (Phi) is 8.35. The Bertz CT molecular complexity index is 286. The maximum absolute atomic E-state index is 14.3. The van der Waals surface area contributed by atoms with Gasteiger partial charge in [-0.1, -0.05) is 0 Å². The van der Waals surface area contributed by atoms with Gasteiger partial charge in [-0.2, -0.15) is 0 Å². The van der Waals surface area contributed by atoms with Crippen molar-refractivity contribution in [3.63, 3.8) is 0 Å². The van der Waals surface area contributed by atoms with Gasteiger partial charge < -0.3 is 0 Å². The molecule has 0 bridgehead atoms. The Morgan fingerprint density at radius 2 is 1.05 bits per heavy atom. The van der Waals surface area contributed by atoms with E-state index in [4.69, 9.17) is 0 Å². The number of halogens is 6. The first-order valence-electron chi connectivity index (χ1n) is 6.90. The molecular weight excluding hydrogens is 409 g/mol. The average molecular weight is 431 g/mol. The second-order valence-electron chi connectivity index (χ2n) is 4.48. The summed E-state index contributed by atoms with van der Waals surface area (Å²) in [5, 5.41) is 0. The van der Waals surface area contributed by atoms with Crippen LogP contribution in [0.1, 0.15) is 40.5 Å². The summed E-state index contributed by atoms with van der Waals surface area (Å²) >= 11 is -6.79. The first-order chi connectivity index (χ1) is 9.58. The van der Waals surface area contributed by atoms with Crippen LogP contribution in [-0.4, -0.2) is 52.6 Å². The molecular formula is C12H22F6O2Sn. The molecule has 2 unspecified atom stereocenters. The topological polar surface area (TPSA) is 18.5 Å². The Hall–Kier alpha value is 0.299. The molecule has 128 valence electrons. The van der Waals surface area contributed by atoms with Crippen molar-refractivity contribution in [2.75, 3.05) is 13.2 Å². The molecule has 0 aromatic heterocycles. The molecule has 0 saturated carbocycles. The molecule has 0 aliphatic carbocycles. The number of rotatable bonds is 10. The molecule has 0 spiro atoms. The van der Waals surface area contributed by atoms with E-state index in [9.17, 15) is 26.3 Å². The normalized spacial score (nSPS) is 16.9. The van der Waals surface area contributed by atoms with Crippen molar-refractivity contribution in [2.24, 2.45) is 0 Å². The van der Waals surface area contributed by atoms with Crippen molar-refractivity contribution in [2.45, 2.75) is 60.8 Å². The van der Waals surface area contributed by atoms with Gasteiger partial charge in [0.2, 0.25) is 0 Å². The van der Waals surface area contributed by atoms with E-state index in [1.807, 2.05) is 0 Å². The van der Waals surface area contributed by atoms with Crippen LogP contribution in [0.25, 0.3) is 0 Å². The fraction of sp³-hybridized carbons (Fsp3) is 1.00. The van der Waals surface area contributed by atoms with E-state index in [1.165, 1.54) is 13.8 Å². The van der Waals surface area contributed by atoms with Gasteiger partial charge in [-0.25, -0.2) is 0 Å². The zero-order valence-corrected chi connectivity index (χ0v) is 15.4. The van der Waals surface area contributed by atoms with E-state index in [1.54, 1.807) is 0 Å². The van der Waals surface area contributed by atoms with E-state index in [-0.39, 0.29) is 0 Å². The van der Waals surface area contributed by atoms with Gasteiger partial charge in [-0.3, -0.25) is 0 Å². The average Bonchev–Trinajstić information content (AvgIpc) is 2.44. The van der Waals surface area contributed by atoms with Crippen LogP contribution in [-0.2, 0) is 6.15 Å². The Balaban J connectivity index is 6.09. The van der Waals surface area contributed by atoms with Gasteiger partial charge in [0.1, 0.15) is 0 Å². The predicted octanol–water partition coefficient (Wildman–Crippen LogP) is 4.35. The molecule has 2 nitrogen and oxygen atoms in total. The second-order valence-corrected chi connectivity index (χ2v) is 13.5. The molecule has 0 saturated heterocycles. The van der Waals surface area contributed by atoms with E-state index in [2.05, 4.69) is 6.15 Å². The van der Waals surface area contributed by atoms with Crippen molar-refractivity contribution in [1.29, 1.82) is 0 Å². The first-order valence-corrected chi connectivity index (χ1v) is 12.1. The van der Waals surface area contributed by atoms with Gasteiger partial charge >= 0.3 is 126 Å². The van der Waals surface area contributed by atoms with Crippen LogP contribution in [0.3, 0.4) is 0 Å². The summed E-state index contributed by atoms with van der Waals surface area (Å²) in [5.41, 5.74) is 0. The Morgan fingerprint density at radius 1 is 0.762 bits per heavy atom. The van der Waals surface area contributed by atoms with Crippen LogP contribution in [0.2, 0.25) is 0 Å². The molecule has 0 rings (SSSR count). The van der Waals surface area contributed by atoms with E-state index < -0.39 is 65.5 Å². The quantitative estimate of drug-likeness (QED) is 0.379. The molecule has 0 aromatic rings. The predicted molar refractivity (Wildman–Crippen MR) is 69.3 cm³/mol. The summed E-state index contributed by atoms with van der Waals surface area (Å²) in [7, 11) is 0. The Labute approximate surface area is 126 Å². The molecule has 2 atom stereocenters. The monoisotopic (exact) mass is 432 g/mol. The van der Waals surface area contributed by atoms with Gasteiger partial charge in [0.05, 0.1) is 0 Å². The molecule has 0 N–H and O–H groups in total. The summed E-state index contributed by atoms with van der Waals surface area (Å²) < 4.78 is 84.9. The summed E-state index contributed by atoms with van der Waals surface area (Å²) in [6.07, 6.45) is -7.10. The van der Waals surface area contributed by atoms with Crippen LogP contribution < -0.4 is 0 Å². The zero-order valence-electron chi connectivity index (χ0n) is 12.6. The molecule has 9 heteroatoms. The third-order valence-corrected chi connectivity index (χ3v) is 13.8. The van der Waals surface area contributed by atoms with Crippen molar-refractivity contribution in [3.8, 4) is 0 Å². The summed E-state index contributed by atoms with van der Waals surface area (Å²) in [5.74, 6) is 0. The molecule has 0 aromatic carbocycles. The van der Waals surface area contributed by atoms with Gasteiger partial charge in [0.25, 0.3) is 0 Å². The standard InChI is InChI=1S/2C4H6F3.2C2H5O.Sn/c2*1-2-3(5)4(6)7;2*1-2-3;/h2*3H,2H2,1H3;2*2H2,1H3;/q;;2*-1;+2. The molecule has 0 aliphatic heterocycles. The molecule has 0 fully saturated rings. The van der Waals surface area contributed by atoms with Gasteiger partial charge in [-0.05, 0) is 0 Å². The second kappa shape index (κ2) is 8.24. The van der Waals surface area contributed by atoms with E-state index in [0.717, 1.165) is 13.8 Å². The molecule has 0 heterocycles. The molecule has 21 heavy (non-hydrogen) atoms. The maximum atomic E-state index is 14.3. The third-order valence-electron chi connectivity index (χ3n) is 3.08. The van der Waals surface area contributed by atoms with Crippen LogP contribution in [0.15, 0.2) is 0 Å². The van der Waals surface area contributed by atoms with Gasteiger partial charge in [0, 0.05) is 0 Å². The third kappa shape index (κ3) is 3.80. The Morgan fingerprint density at radius 3 is 1.24 bits per heavy atom. The van der Waals surface area contributed by atoms with E-state index >= 15 is 0 Å². The summed E-state index contributed by atoms with van der Waals surface area (Å²) in [6.45, 7) is 3.59. The van der Waals surface area contributed by atoms with Crippen molar-refractivity contribution in [1.82, 2.24) is 0 Å². The fourth-order valence-corrected chi connectivity index (χ4v) is 11.5. The molecule has 0 radical (unpaired) electrons. The SMILES string of the molecule is CC[O][Sn]([O]CC)([C](F)(F)C(F)CC)[C](F)(F)C(F)CC. The first kappa shape index (κ1) is 21.3. The van der Waals surface area contributed by atoms with E-state index in [0.29, 0.717) is 0 Å². The minimum atomic E-state index is -6.79. The van der Waals surface area contributed by atoms with Crippen LogP contribution in [0.4, 0.5) is 26.3 Å². The number of hydrogen-bond acceptors (Lipinski definition) is 2.